The third-order valence-corrected chi connectivity index (χ3v) is 5.46. The molecule has 3 rings (SSSR count). The second kappa shape index (κ2) is 8.00. The molecular formula is C20H18ClN3O3S. The maximum Gasteiger partial charge on any atom is 0.270 e. The molecule has 1 N–H and O–H groups in total. The molecule has 0 saturated heterocycles. The molecular weight excluding hydrogens is 398 g/mol. The van der Waals surface area contributed by atoms with Gasteiger partial charge in [0.25, 0.3) is 5.91 Å². The van der Waals surface area contributed by atoms with Gasteiger partial charge in [0.15, 0.2) is 9.84 Å². The number of nitrogens with one attached hydrogen (secondary N) is 1. The molecule has 0 aliphatic heterocycles. The van der Waals surface area contributed by atoms with Crippen molar-refractivity contribution in [1.82, 2.24) is 15.1 Å². The largest absolute Gasteiger partial charge is 0.347 e. The minimum Gasteiger partial charge on any atom is -0.347 e. The summed E-state index contributed by atoms with van der Waals surface area (Å²) >= 11 is 6.25. The van der Waals surface area contributed by atoms with E-state index in [1.54, 1.807) is 48.5 Å². The van der Waals surface area contributed by atoms with Crippen molar-refractivity contribution in [3.05, 3.63) is 83.2 Å². The highest BCUT2D eigenvalue weighted by Crippen LogP contribution is 2.22. The number of benzene rings is 2. The van der Waals surface area contributed by atoms with Crippen LogP contribution in [-0.2, 0) is 16.4 Å². The maximum atomic E-state index is 12.8. The number of aromatic nitrogens is 2. The molecule has 0 fully saturated rings. The number of rotatable bonds is 6. The summed E-state index contributed by atoms with van der Waals surface area (Å²) in [7, 11) is -3.32. The van der Waals surface area contributed by atoms with E-state index in [0.29, 0.717) is 27.7 Å². The lowest BCUT2D eigenvalue weighted by Gasteiger charge is -2.10. The van der Waals surface area contributed by atoms with E-state index in [2.05, 4.69) is 17.0 Å². The fraction of sp³-hybridized carbons (Fsp3) is 0.100. The van der Waals surface area contributed by atoms with Gasteiger partial charge in [0, 0.05) is 12.8 Å². The van der Waals surface area contributed by atoms with Gasteiger partial charge in [-0.25, -0.2) is 13.1 Å². The number of hydrogen-bond donors (Lipinski definition) is 1. The predicted molar refractivity (Wildman–Crippen MR) is 109 cm³/mol. The average molecular weight is 416 g/mol. The Kier molecular flexibility index (Phi) is 5.67. The zero-order chi connectivity index (χ0) is 20.3. The Balaban J connectivity index is 1.87. The van der Waals surface area contributed by atoms with Crippen LogP contribution in [0.4, 0.5) is 0 Å². The summed E-state index contributed by atoms with van der Waals surface area (Å²) in [5.41, 5.74) is 2.07. The second-order valence-electron chi connectivity index (χ2n) is 6.12. The van der Waals surface area contributed by atoms with Crippen LogP contribution in [0.2, 0.25) is 5.02 Å². The molecule has 0 bridgehead atoms. The number of sulfone groups is 1. The first-order valence-corrected chi connectivity index (χ1v) is 10.6. The van der Waals surface area contributed by atoms with E-state index in [0.717, 1.165) is 6.26 Å². The maximum absolute atomic E-state index is 12.8. The molecule has 0 radical (unpaired) electrons. The first-order valence-electron chi connectivity index (χ1n) is 8.34. The molecule has 0 spiro atoms. The summed E-state index contributed by atoms with van der Waals surface area (Å²) in [4.78, 5) is 13.0. The van der Waals surface area contributed by atoms with Crippen molar-refractivity contribution >= 4 is 33.4 Å². The van der Waals surface area contributed by atoms with Crippen LogP contribution in [0, 0.1) is 0 Å². The highest BCUT2D eigenvalue weighted by molar-refractivity contribution is 7.90. The zero-order valence-electron chi connectivity index (χ0n) is 15.1. The Morgan fingerprint density at radius 1 is 1.21 bits per heavy atom. The molecule has 144 valence electrons. The Bertz CT molecular complexity index is 1150. The van der Waals surface area contributed by atoms with Crippen molar-refractivity contribution in [2.24, 2.45) is 0 Å². The Morgan fingerprint density at radius 2 is 1.96 bits per heavy atom. The van der Waals surface area contributed by atoms with Gasteiger partial charge in [0.1, 0.15) is 5.69 Å². The Hall–Kier alpha value is -2.90. The summed E-state index contributed by atoms with van der Waals surface area (Å²) in [6, 6.07) is 15.1. The van der Waals surface area contributed by atoms with E-state index in [-0.39, 0.29) is 17.3 Å². The second-order valence-corrected chi connectivity index (χ2v) is 8.55. The van der Waals surface area contributed by atoms with Crippen molar-refractivity contribution in [2.45, 2.75) is 11.4 Å². The number of carbonyl (C=O) groups excluding carboxylic acids is 1. The van der Waals surface area contributed by atoms with E-state index >= 15 is 0 Å². The SMILES string of the molecule is C=Cc1cc(C(=O)NCc2cccc(S(C)(=O)=O)c2)n(-c2ccccc2Cl)n1. The summed E-state index contributed by atoms with van der Waals surface area (Å²) < 4.78 is 24.8. The van der Waals surface area contributed by atoms with E-state index in [1.807, 2.05) is 0 Å². The molecule has 28 heavy (non-hydrogen) atoms. The van der Waals surface area contributed by atoms with E-state index in [4.69, 9.17) is 11.6 Å². The zero-order valence-corrected chi connectivity index (χ0v) is 16.7. The van der Waals surface area contributed by atoms with E-state index in [9.17, 15) is 13.2 Å². The van der Waals surface area contributed by atoms with Crippen LogP contribution in [0.1, 0.15) is 21.7 Å². The van der Waals surface area contributed by atoms with Crippen LogP contribution in [0.5, 0.6) is 0 Å². The number of nitrogens with zero attached hydrogens (tertiary/aromatic N) is 2. The molecule has 1 aromatic heterocycles. The summed E-state index contributed by atoms with van der Waals surface area (Å²) in [5, 5.41) is 7.60. The van der Waals surface area contributed by atoms with Crippen LogP contribution in [0.3, 0.4) is 0 Å². The Labute approximate surface area is 168 Å². The summed E-state index contributed by atoms with van der Waals surface area (Å²) in [6.45, 7) is 3.86. The number of para-hydroxylation sites is 1. The molecule has 8 heteroatoms. The van der Waals surface area contributed by atoms with Crippen LogP contribution in [0.25, 0.3) is 11.8 Å². The lowest BCUT2D eigenvalue weighted by Crippen LogP contribution is -2.25. The van der Waals surface area contributed by atoms with Crippen LogP contribution < -0.4 is 5.32 Å². The van der Waals surface area contributed by atoms with Crippen molar-refractivity contribution in [1.29, 1.82) is 0 Å². The number of halogens is 1. The molecule has 3 aromatic rings. The van der Waals surface area contributed by atoms with Crippen molar-refractivity contribution in [2.75, 3.05) is 6.26 Å². The van der Waals surface area contributed by atoms with Gasteiger partial charge in [-0.1, -0.05) is 42.4 Å². The van der Waals surface area contributed by atoms with Gasteiger partial charge >= 0.3 is 0 Å². The lowest BCUT2D eigenvalue weighted by atomic mass is 10.2. The number of amides is 1. The van der Waals surface area contributed by atoms with Crippen molar-refractivity contribution in [3.63, 3.8) is 0 Å². The highest BCUT2D eigenvalue weighted by Gasteiger charge is 2.17. The smallest absolute Gasteiger partial charge is 0.270 e. The van der Waals surface area contributed by atoms with Gasteiger partial charge in [-0.3, -0.25) is 4.79 Å². The minimum atomic E-state index is -3.32. The molecule has 0 saturated carbocycles. The van der Waals surface area contributed by atoms with Gasteiger partial charge in [-0.15, -0.1) is 0 Å². The fourth-order valence-corrected chi connectivity index (χ4v) is 3.53. The molecule has 0 unspecified atom stereocenters. The third-order valence-electron chi connectivity index (χ3n) is 4.03. The van der Waals surface area contributed by atoms with Crippen molar-refractivity contribution in [3.8, 4) is 5.69 Å². The van der Waals surface area contributed by atoms with Crippen molar-refractivity contribution < 1.29 is 13.2 Å². The van der Waals surface area contributed by atoms with Gasteiger partial charge in [0.05, 0.1) is 21.3 Å². The topological polar surface area (TPSA) is 81.1 Å². The van der Waals surface area contributed by atoms with Crippen LogP contribution >= 0.6 is 11.6 Å². The van der Waals surface area contributed by atoms with Gasteiger partial charge in [-0.2, -0.15) is 5.10 Å². The van der Waals surface area contributed by atoms with Crippen LogP contribution in [0.15, 0.2) is 66.1 Å². The molecule has 6 nitrogen and oxygen atoms in total. The highest BCUT2D eigenvalue weighted by atomic mass is 35.5. The average Bonchev–Trinajstić information content (AvgIpc) is 3.10. The van der Waals surface area contributed by atoms with Gasteiger partial charge in [-0.05, 0) is 42.0 Å². The first kappa shape index (κ1) is 19.9. The molecule has 1 amide bonds. The van der Waals surface area contributed by atoms with E-state index in [1.165, 1.54) is 16.8 Å². The third kappa shape index (κ3) is 4.32. The fourth-order valence-electron chi connectivity index (χ4n) is 2.63. The van der Waals surface area contributed by atoms with Gasteiger partial charge < -0.3 is 5.32 Å². The molecule has 0 atom stereocenters. The predicted octanol–water partition coefficient (Wildman–Crippen LogP) is 3.50. The van der Waals surface area contributed by atoms with E-state index < -0.39 is 9.84 Å². The summed E-state index contributed by atoms with van der Waals surface area (Å²) in [5.74, 6) is -0.370. The van der Waals surface area contributed by atoms with Crippen LogP contribution in [-0.4, -0.2) is 30.4 Å². The number of hydrogen-bond acceptors (Lipinski definition) is 4. The normalized spacial score (nSPS) is 11.2. The molecule has 2 aromatic carbocycles. The minimum absolute atomic E-state index is 0.166. The molecule has 0 aliphatic carbocycles. The molecule has 0 aliphatic rings. The first-order chi connectivity index (χ1) is 13.3. The summed E-state index contributed by atoms with van der Waals surface area (Å²) in [6.07, 6.45) is 2.68. The quantitative estimate of drug-likeness (QED) is 0.668. The Morgan fingerprint density at radius 3 is 2.64 bits per heavy atom. The lowest BCUT2D eigenvalue weighted by molar-refractivity contribution is 0.0943. The standard InChI is InChI=1S/C20H18ClN3O3S/c1-3-15-12-19(24(23-15)18-10-5-4-9-17(18)21)20(25)22-13-14-7-6-8-16(11-14)28(2,26)27/h3-12H,1,13H2,2H3,(H,22,25). The van der Waals surface area contributed by atoms with Gasteiger partial charge in [0.2, 0.25) is 0 Å². The monoisotopic (exact) mass is 415 g/mol. The number of carbonyl (C=O) groups is 1. The molecule has 1 heterocycles.